The summed E-state index contributed by atoms with van der Waals surface area (Å²) in [4.78, 5) is 11.5. The van der Waals surface area contributed by atoms with E-state index in [9.17, 15) is 4.79 Å². The van der Waals surface area contributed by atoms with Crippen molar-refractivity contribution in [2.75, 3.05) is 11.9 Å². The molecule has 0 fully saturated rings. The Morgan fingerprint density at radius 3 is 3.00 bits per heavy atom. The number of aryl methyl sites for hydroxylation is 2. The number of amides is 1. The molecule has 1 heterocycles. The third kappa shape index (κ3) is 2.45. The predicted octanol–water partition coefficient (Wildman–Crippen LogP) is 2.84. The Kier molecular flexibility index (Phi) is 4.08. The number of nitrogens with zero attached hydrogens (tertiary/aromatic N) is 2. The highest BCUT2D eigenvalue weighted by atomic mass is 127. The van der Waals surface area contributed by atoms with Crippen LogP contribution >= 0.6 is 34.6 Å². The first-order valence-corrected chi connectivity index (χ1v) is 6.45. The molecule has 0 atom stereocenters. The SMILES string of the molecule is Cc1ccc(Cl)c2c(NC(=O)COI)nn(C)c12. The summed E-state index contributed by atoms with van der Waals surface area (Å²) in [5.74, 6) is 0.196. The molecule has 18 heavy (non-hydrogen) atoms. The van der Waals surface area contributed by atoms with Crippen molar-refractivity contribution in [1.82, 2.24) is 9.78 Å². The topological polar surface area (TPSA) is 56.1 Å². The number of aromatic nitrogens is 2. The van der Waals surface area contributed by atoms with Gasteiger partial charge >= 0.3 is 0 Å². The van der Waals surface area contributed by atoms with E-state index in [0.29, 0.717) is 10.8 Å². The lowest BCUT2D eigenvalue weighted by molar-refractivity contribution is -0.117. The van der Waals surface area contributed by atoms with E-state index in [1.54, 1.807) is 33.8 Å². The van der Waals surface area contributed by atoms with Crippen molar-refractivity contribution in [3.05, 3.63) is 22.7 Å². The zero-order valence-electron chi connectivity index (χ0n) is 9.83. The Bertz CT molecular complexity index is 612. The molecular formula is C11H11ClIN3O2. The van der Waals surface area contributed by atoms with Crippen LogP contribution in [0.5, 0.6) is 0 Å². The molecule has 5 nitrogen and oxygen atoms in total. The number of hydrogen-bond donors (Lipinski definition) is 1. The van der Waals surface area contributed by atoms with Crippen LogP contribution in [0.1, 0.15) is 5.56 Å². The van der Waals surface area contributed by atoms with Crippen LogP contribution in [0.2, 0.25) is 5.02 Å². The molecule has 0 radical (unpaired) electrons. The van der Waals surface area contributed by atoms with Gasteiger partial charge in [-0.1, -0.05) is 17.7 Å². The molecule has 0 spiro atoms. The zero-order chi connectivity index (χ0) is 13.3. The minimum absolute atomic E-state index is 0.0257. The fourth-order valence-electron chi connectivity index (χ4n) is 1.87. The lowest BCUT2D eigenvalue weighted by atomic mass is 10.1. The highest BCUT2D eigenvalue weighted by molar-refractivity contribution is 14.1. The maximum atomic E-state index is 11.5. The molecular weight excluding hydrogens is 368 g/mol. The Balaban J connectivity index is 2.52. The molecule has 0 saturated carbocycles. The third-order valence-electron chi connectivity index (χ3n) is 2.58. The summed E-state index contributed by atoms with van der Waals surface area (Å²) in [7, 11) is 1.82. The van der Waals surface area contributed by atoms with Gasteiger partial charge in [-0.3, -0.25) is 9.48 Å². The van der Waals surface area contributed by atoms with Crippen molar-refractivity contribution >= 4 is 57.2 Å². The Morgan fingerprint density at radius 1 is 1.61 bits per heavy atom. The van der Waals surface area contributed by atoms with Crippen molar-refractivity contribution in [3.8, 4) is 0 Å². The fraction of sp³-hybridized carbons (Fsp3) is 0.273. The molecule has 2 aromatic rings. The predicted molar refractivity (Wildman–Crippen MR) is 79.1 cm³/mol. The highest BCUT2D eigenvalue weighted by Crippen LogP contribution is 2.31. The van der Waals surface area contributed by atoms with E-state index in [1.165, 1.54) is 0 Å². The Labute approximate surface area is 123 Å². The van der Waals surface area contributed by atoms with Gasteiger partial charge < -0.3 is 8.38 Å². The van der Waals surface area contributed by atoms with Crippen LogP contribution in [-0.2, 0) is 14.9 Å². The fourth-order valence-corrected chi connectivity index (χ4v) is 2.39. The van der Waals surface area contributed by atoms with Gasteiger partial charge in [0.15, 0.2) is 5.82 Å². The number of anilines is 1. The van der Waals surface area contributed by atoms with Crippen molar-refractivity contribution in [2.45, 2.75) is 6.92 Å². The monoisotopic (exact) mass is 379 g/mol. The van der Waals surface area contributed by atoms with E-state index in [-0.39, 0.29) is 12.5 Å². The summed E-state index contributed by atoms with van der Waals surface area (Å²) < 4.78 is 6.44. The quantitative estimate of drug-likeness (QED) is 0.835. The van der Waals surface area contributed by atoms with E-state index in [2.05, 4.69) is 10.4 Å². The second-order valence-electron chi connectivity index (χ2n) is 3.86. The molecule has 0 aliphatic carbocycles. The van der Waals surface area contributed by atoms with E-state index < -0.39 is 0 Å². The lowest BCUT2D eigenvalue weighted by Gasteiger charge is -2.02. The number of carbonyl (C=O) groups excluding carboxylic acids is 1. The summed E-state index contributed by atoms with van der Waals surface area (Å²) in [6.45, 7) is 1.95. The van der Waals surface area contributed by atoms with Gasteiger partial charge in [-0.2, -0.15) is 5.10 Å². The second-order valence-corrected chi connectivity index (χ2v) is 4.89. The molecule has 1 aromatic carbocycles. The first-order valence-electron chi connectivity index (χ1n) is 5.19. The van der Waals surface area contributed by atoms with Crippen LogP contribution in [0.4, 0.5) is 5.82 Å². The lowest BCUT2D eigenvalue weighted by Crippen LogP contribution is -2.16. The van der Waals surface area contributed by atoms with Gasteiger partial charge in [0.1, 0.15) is 29.6 Å². The minimum atomic E-state index is -0.262. The van der Waals surface area contributed by atoms with E-state index in [1.807, 2.05) is 20.0 Å². The van der Waals surface area contributed by atoms with Crippen LogP contribution in [-0.4, -0.2) is 22.3 Å². The number of benzene rings is 1. The summed E-state index contributed by atoms with van der Waals surface area (Å²) in [5, 5.41) is 8.28. The second kappa shape index (κ2) is 5.41. The smallest absolute Gasteiger partial charge is 0.252 e. The van der Waals surface area contributed by atoms with Crippen molar-refractivity contribution < 1.29 is 7.86 Å². The third-order valence-corrected chi connectivity index (χ3v) is 3.21. The molecule has 0 aliphatic rings. The van der Waals surface area contributed by atoms with Gasteiger partial charge in [0.05, 0.1) is 15.9 Å². The van der Waals surface area contributed by atoms with Gasteiger partial charge in [0.2, 0.25) is 0 Å². The molecule has 0 unspecified atom stereocenters. The number of rotatable bonds is 3. The number of carbonyl (C=O) groups is 1. The van der Waals surface area contributed by atoms with Gasteiger partial charge in [-0.15, -0.1) is 0 Å². The van der Waals surface area contributed by atoms with Crippen LogP contribution < -0.4 is 5.32 Å². The van der Waals surface area contributed by atoms with E-state index in [4.69, 9.17) is 14.7 Å². The maximum absolute atomic E-state index is 11.5. The number of halogens is 2. The van der Waals surface area contributed by atoms with Crippen molar-refractivity contribution in [1.29, 1.82) is 0 Å². The van der Waals surface area contributed by atoms with Crippen LogP contribution in [0, 0.1) is 6.92 Å². The zero-order valence-corrected chi connectivity index (χ0v) is 12.7. The molecule has 2 rings (SSSR count). The van der Waals surface area contributed by atoms with E-state index in [0.717, 1.165) is 16.5 Å². The van der Waals surface area contributed by atoms with Gasteiger partial charge in [0.25, 0.3) is 5.91 Å². The van der Waals surface area contributed by atoms with Gasteiger partial charge in [-0.05, 0) is 18.6 Å². The minimum Gasteiger partial charge on any atom is -0.307 e. The number of nitrogens with one attached hydrogen (secondary N) is 1. The standard InChI is InChI=1S/C11H11ClIN3O2/c1-6-3-4-7(12)9-10(6)16(2)15-11(9)14-8(17)5-18-13/h3-4H,5H2,1-2H3,(H,14,15,17). The number of hydrogen-bond acceptors (Lipinski definition) is 3. The molecule has 7 heteroatoms. The Hall–Kier alpha value is -0.860. The average molecular weight is 380 g/mol. The molecule has 1 aromatic heterocycles. The van der Waals surface area contributed by atoms with Gasteiger partial charge in [0, 0.05) is 7.05 Å². The summed E-state index contributed by atoms with van der Waals surface area (Å²) in [6, 6.07) is 3.72. The molecule has 96 valence electrons. The van der Waals surface area contributed by atoms with E-state index >= 15 is 0 Å². The molecule has 1 amide bonds. The summed E-state index contributed by atoms with van der Waals surface area (Å²) >= 11 is 7.84. The summed E-state index contributed by atoms with van der Waals surface area (Å²) in [5.41, 5.74) is 1.96. The van der Waals surface area contributed by atoms with Crippen LogP contribution in [0.3, 0.4) is 0 Å². The summed E-state index contributed by atoms with van der Waals surface area (Å²) in [6.07, 6.45) is 0. The Morgan fingerprint density at radius 2 is 2.33 bits per heavy atom. The van der Waals surface area contributed by atoms with Crippen LogP contribution in [0.15, 0.2) is 12.1 Å². The van der Waals surface area contributed by atoms with Crippen LogP contribution in [0.25, 0.3) is 10.9 Å². The molecule has 1 N–H and O–H groups in total. The highest BCUT2D eigenvalue weighted by Gasteiger charge is 2.15. The van der Waals surface area contributed by atoms with Gasteiger partial charge in [-0.25, -0.2) is 0 Å². The number of fused-ring (bicyclic) bond motifs is 1. The van der Waals surface area contributed by atoms with Crippen molar-refractivity contribution in [2.24, 2.45) is 7.05 Å². The molecule has 0 aliphatic heterocycles. The first kappa shape index (κ1) is 13.6. The maximum Gasteiger partial charge on any atom is 0.252 e. The average Bonchev–Trinajstić information content (AvgIpc) is 2.62. The molecule has 0 saturated heterocycles. The first-order chi connectivity index (χ1) is 8.54. The largest absolute Gasteiger partial charge is 0.307 e. The molecule has 0 bridgehead atoms. The normalized spacial score (nSPS) is 10.9. The van der Waals surface area contributed by atoms with Crippen molar-refractivity contribution in [3.63, 3.8) is 0 Å².